The lowest BCUT2D eigenvalue weighted by Gasteiger charge is -2.17. The SMILES string of the molecule is Cc1cc(C)c(OCCN2CCNC2=O)c(S(N)(=O)=O)c1. The number of hydrogen-bond acceptors (Lipinski definition) is 4. The van der Waals surface area contributed by atoms with Gasteiger partial charge >= 0.3 is 6.03 Å². The number of rotatable bonds is 5. The number of benzene rings is 1. The van der Waals surface area contributed by atoms with Crippen molar-refractivity contribution in [2.45, 2.75) is 18.7 Å². The molecule has 0 radical (unpaired) electrons. The second-order valence-electron chi connectivity index (χ2n) is 5.02. The Kier molecular flexibility index (Phi) is 4.38. The Labute approximate surface area is 124 Å². The molecule has 1 aromatic rings. The van der Waals surface area contributed by atoms with Crippen LogP contribution in [0.25, 0.3) is 0 Å². The van der Waals surface area contributed by atoms with E-state index in [0.717, 1.165) is 5.56 Å². The van der Waals surface area contributed by atoms with Gasteiger partial charge in [0.2, 0.25) is 10.0 Å². The standard InChI is InChI=1S/C13H19N3O4S/c1-9-7-10(2)12(11(8-9)21(14,18)19)20-6-5-16-4-3-15-13(16)17/h7-8H,3-6H2,1-2H3,(H,15,17)(H2,14,18,19). The van der Waals surface area contributed by atoms with Crippen LogP contribution in [-0.2, 0) is 10.0 Å². The van der Waals surface area contributed by atoms with Crippen LogP contribution < -0.4 is 15.2 Å². The summed E-state index contributed by atoms with van der Waals surface area (Å²) in [4.78, 5) is 13.0. The van der Waals surface area contributed by atoms with Crippen molar-refractivity contribution in [2.75, 3.05) is 26.2 Å². The number of urea groups is 1. The molecule has 1 saturated heterocycles. The topological polar surface area (TPSA) is 102 Å². The van der Waals surface area contributed by atoms with Crippen molar-refractivity contribution < 1.29 is 17.9 Å². The van der Waals surface area contributed by atoms with Gasteiger partial charge in [-0.2, -0.15) is 0 Å². The second kappa shape index (κ2) is 5.90. The van der Waals surface area contributed by atoms with Gasteiger partial charge in [-0.15, -0.1) is 0 Å². The number of nitrogens with two attached hydrogens (primary N) is 1. The molecule has 0 aromatic heterocycles. The fourth-order valence-electron chi connectivity index (χ4n) is 2.29. The highest BCUT2D eigenvalue weighted by molar-refractivity contribution is 7.89. The molecular weight excluding hydrogens is 294 g/mol. The summed E-state index contributed by atoms with van der Waals surface area (Å²) in [6, 6.07) is 3.18. The normalized spacial score (nSPS) is 15.2. The number of amides is 2. The molecule has 0 aliphatic carbocycles. The summed E-state index contributed by atoms with van der Waals surface area (Å²) < 4.78 is 28.9. The first-order valence-corrected chi connectivity index (χ1v) is 8.13. The summed E-state index contributed by atoms with van der Waals surface area (Å²) >= 11 is 0. The highest BCUT2D eigenvalue weighted by atomic mass is 32.2. The lowest BCUT2D eigenvalue weighted by Crippen LogP contribution is -2.32. The molecule has 1 fully saturated rings. The monoisotopic (exact) mass is 313 g/mol. The quantitative estimate of drug-likeness (QED) is 0.819. The predicted molar refractivity (Wildman–Crippen MR) is 77.8 cm³/mol. The zero-order valence-corrected chi connectivity index (χ0v) is 12.9. The molecule has 1 aliphatic rings. The lowest BCUT2D eigenvalue weighted by molar-refractivity contribution is 0.201. The molecule has 0 spiro atoms. The highest BCUT2D eigenvalue weighted by Crippen LogP contribution is 2.28. The maximum Gasteiger partial charge on any atom is 0.317 e. The Morgan fingerprint density at radius 3 is 2.67 bits per heavy atom. The van der Waals surface area contributed by atoms with E-state index in [1.807, 2.05) is 6.07 Å². The van der Waals surface area contributed by atoms with E-state index >= 15 is 0 Å². The minimum Gasteiger partial charge on any atom is -0.490 e. The summed E-state index contributed by atoms with van der Waals surface area (Å²) in [5, 5.41) is 7.92. The summed E-state index contributed by atoms with van der Waals surface area (Å²) in [7, 11) is -3.86. The van der Waals surface area contributed by atoms with E-state index in [1.54, 1.807) is 18.7 Å². The summed E-state index contributed by atoms with van der Waals surface area (Å²) in [6.45, 7) is 5.39. The van der Waals surface area contributed by atoms with E-state index in [2.05, 4.69) is 5.32 Å². The van der Waals surface area contributed by atoms with E-state index in [4.69, 9.17) is 9.88 Å². The molecule has 2 amide bonds. The molecule has 116 valence electrons. The maximum absolute atomic E-state index is 11.7. The van der Waals surface area contributed by atoms with Crippen LogP contribution in [0.4, 0.5) is 4.79 Å². The van der Waals surface area contributed by atoms with Gasteiger partial charge in [-0.05, 0) is 31.0 Å². The first kappa shape index (κ1) is 15.6. The molecule has 3 N–H and O–H groups in total. The van der Waals surface area contributed by atoms with Gasteiger partial charge in [-0.3, -0.25) is 0 Å². The van der Waals surface area contributed by atoms with Crippen molar-refractivity contribution >= 4 is 16.1 Å². The maximum atomic E-state index is 11.7. The van der Waals surface area contributed by atoms with Crippen LogP contribution in [0.15, 0.2) is 17.0 Å². The molecule has 2 rings (SSSR count). The first-order valence-electron chi connectivity index (χ1n) is 6.58. The van der Waals surface area contributed by atoms with Crippen molar-refractivity contribution in [3.63, 3.8) is 0 Å². The third-order valence-corrected chi connectivity index (χ3v) is 4.16. The third kappa shape index (κ3) is 3.64. The molecule has 0 bridgehead atoms. The fraction of sp³-hybridized carbons (Fsp3) is 0.462. The van der Waals surface area contributed by atoms with Crippen LogP contribution in [0.2, 0.25) is 0 Å². The highest BCUT2D eigenvalue weighted by Gasteiger charge is 2.21. The van der Waals surface area contributed by atoms with E-state index in [9.17, 15) is 13.2 Å². The number of primary sulfonamides is 1. The summed E-state index contributed by atoms with van der Waals surface area (Å²) in [5.74, 6) is 0.253. The summed E-state index contributed by atoms with van der Waals surface area (Å²) in [6.07, 6.45) is 0. The Hall–Kier alpha value is -1.80. The lowest BCUT2D eigenvalue weighted by atomic mass is 10.1. The molecule has 0 atom stereocenters. The van der Waals surface area contributed by atoms with Gasteiger partial charge in [-0.25, -0.2) is 18.4 Å². The van der Waals surface area contributed by atoms with Crippen LogP contribution in [0.1, 0.15) is 11.1 Å². The minimum absolute atomic E-state index is 0.0223. The van der Waals surface area contributed by atoms with Crippen molar-refractivity contribution in [1.29, 1.82) is 0 Å². The number of aryl methyl sites for hydroxylation is 2. The van der Waals surface area contributed by atoms with Crippen LogP contribution in [0.3, 0.4) is 0 Å². The number of sulfonamides is 1. The van der Waals surface area contributed by atoms with E-state index in [-0.39, 0.29) is 23.3 Å². The fourth-order valence-corrected chi connectivity index (χ4v) is 3.12. The molecule has 21 heavy (non-hydrogen) atoms. The number of carbonyl (C=O) groups excluding carboxylic acids is 1. The van der Waals surface area contributed by atoms with Crippen molar-refractivity contribution in [2.24, 2.45) is 5.14 Å². The van der Waals surface area contributed by atoms with Crippen molar-refractivity contribution in [3.05, 3.63) is 23.3 Å². The van der Waals surface area contributed by atoms with Gasteiger partial charge < -0.3 is 15.0 Å². The number of nitrogens with one attached hydrogen (secondary N) is 1. The van der Waals surface area contributed by atoms with Gasteiger partial charge in [0.25, 0.3) is 0 Å². The minimum atomic E-state index is -3.86. The van der Waals surface area contributed by atoms with Gasteiger partial charge in [0.15, 0.2) is 0 Å². The zero-order valence-electron chi connectivity index (χ0n) is 12.0. The number of ether oxygens (including phenoxy) is 1. The second-order valence-corrected chi connectivity index (χ2v) is 6.55. The zero-order chi connectivity index (χ0) is 15.6. The van der Waals surface area contributed by atoms with Crippen molar-refractivity contribution in [1.82, 2.24) is 10.2 Å². The smallest absolute Gasteiger partial charge is 0.317 e. The largest absolute Gasteiger partial charge is 0.490 e. The molecule has 7 nitrogen and oxygen atoms in total. The predicted octanol–water partition coefficient (Wildman–Crippen LogP) is 0.355. The van der Waals surface area contributed by atoms with Crippen LogP contribution in [0, 0.1) is 13.8 Å². The van der Waals surface area contributed by atoms with Gasteiger partial charge in [0.05, 0.1) is 6.54 Å². The number of carbonyl (C=O) groups is 1. The van der Waals surface area contributed by atoms with Gasteiger partial charge in [0.1, 0.15) is 17.3 Å². The Balaban J connectivity index is 2.14. The molecule has 0 unspecified atom stereocenters. The Morgan fingerprint density at radius 1 is 1.38 bits per heavy atom. The van der Waals surface area contributed by atoms with Crippen LogP contribution >= 0.6 is 0 Å². The van der Waals surface area contributed by atoms with Gasteiger partial charge in [0, 0.05) is 13.1 Å². The summed E-state index contributed by atoms with van der Waals surface area (Å²) in [5.41, 5.74) is 1.49. The number of nitrogens with zero attached hydrogens (tertiary/aromatic N) is 1. The molecule has 1 heterocycles. The van der Waals surface area contributed by atoms with Gasteiger partial charge in [-0.1, -0.05) is 6.07 Å². The van der Waals surface area contributed by atoms with Crippen LogP contribution in [0.5, 0.6) is 5.75 Å². The van der Waals surface area contributed by atoms with Crippen molar-refractivity contribution in [3.8, 4) is 5.75 Å². The van der Waals surface area contributed by atoms with E-state index in [0.29, 0.717) is 25.2 Å². The van der Waals surface area contributed by atoms with E-state index < -0.39 is 10.0 Å². The Bertz CT molecular complexity index is 658. The molecule has 1 aliphatic heterocycles. The van der Waals surface area contributed by atoms with Crippen LogP contribution in [-0.4, -0.2) is 45.6 Å². The Morgan fingerprint density at radius 2 is 2.10 bits per heavy atom. The van der Waals surface area contributed by atoms with E-state index in [1.165, 1.54) is 6.07 Å². The molecular formula is C13H19N3O4S. The molecule has 8 heteroatoms. The number of hydrogen-bond donors (Lipinski definition) is 2. The average molecular weight is 313 g/mol. The molecule has 1 aromatic carbocycles. The average Bonchev–Trinajstić information content (AvgIpc) is 2.76. The first-order chi connectivity index (χ1) is 9.79. The molecule has 0 saturated carbocycles. The third-order valence-electron chi connectivity index (χ3n) is 3.24.